The first-order chi connectivity index (χ1) is 10.3. The molecule has 1 aliphatic rings. The summed E-state index contributed by atoms with van der Waals surface area (Å²) in [6, 6.07) is 6.30. The van der Waals surface area contributed by atoms with E-state index < -0.39 is 9.25 Å². The van der Waals surface area contributed by atoms with Crippen molar-refractivity contribution in [2.24, 2.45) is 11.8 Å². The van der Waals surface area contributed by atoms with E-state index in [1.54, 1.807) is 12.1 Å². The number of carbonyl (C=O) groups excluding carboxylic acids is 1. The normalized spacial score (nSPS) is 27.4. The van der Waals surface area contributed by atoms with Crippen LogP contribution in [0.2, 0.25) is 0 Å². The molecule has 0 aliphatic heterocycles. The van der Waals surface area contributed by atoms with Gasteiger partial charge in [-0.15, -0.1) is 0 Å². The molecule has 0 radical (unpaired) electrons. The second-order valence-corrected chi connectivity index (χ2v) is 7.65. The predicted octanol–water partition coefficient (Wildman–Crippen LogP) is 4.77. The van der Waals surface area contributed by atoms with Crippen LogP contribution in [0.4, 0.5) is 5.69 Å². The largest absolute Gasteiger partial charge is 0.293 e. The minimum Gasteiger partial charge on any atom is -0.293 e. The van der Waals surface area contributed by atoms with Gasteiger partial charge in [-0.3, -0.25) is 14.9 Å². The number of Topliss-reactive ketones (excluding diaryl/α,β-unsaturated/α-hetero) is 1. The molecule has 1 aliphatic carbocycles. The topological polar surface area (TPSA) is 60.2 Å². The number of allylic oxidation sites excluding steroid dienone is 1. The van der Waals surface area contributed by atoms with Crippen LogP contribution in [-0.4, -0.2) is 15.0 Å². The number of ketones is 1. The molecular weight excluding hydrogens is 346 g/mol. The number of hydrogen-bond acceptors (Lipinski definition) is 3. The third-order valence-electron chi connectivity index (χ3n) is 4.45. The molecule has 0 bridgehead atoms. The van der Waals surface area contributed by atoms with Gasteiger partial charge >= 0.3 is 0 Å². The number of non-ortho nitro benzene ring substituents is 1. The number of hydrogen-bond donors (Lipinski definition) is 0. The zero-order chi connectivity index (χ0) is 16.5. The lowest BCUT2D eigenvalue weighted by atomic mass is 9.73. The Labute approximate surface area is 138 Å². The van der Waals surface area contributed by atoms with E-state index in [1.165, 1.54) is 12.1 Å². The van der Waals surface area contributed by atoms with E-state index in [2.05, 4.69) is 22.9 Å². The van der Waals surface area contributed by atoms with Crippen LogP contribution in [0, 0.1) is 22.0 Å². The predicted molar refractivity (Wildman–Crippen MR) is 91.0 cm³/mol. The van der Waals surface area contributed by atoms with E-state index in [-0.39, 0.29) is 23.3 Å². The summed E-state index contributed by atoms with van der Waals surface area (Å²) < 4.78 is -0.494. The van der Waals surface area contributed by atoms with Crippen LogP contribution in [0.3, 0.4) is 0 Å². The number of nitro groups is 1. The Morgan fingerprint density at radius 1 is 1.36 bits per heavy atom. The summed E-state index contributed by atoms with van der Waals surface area (Å²) in [6.45, 7) is 6.15. The molecule has 0 unspecified atom stereocenters. The number of halogens is 1. The van der Waals surface area contributed by atoms with E-state index >= 15 is 0 Å². The van der Waals surface area contributed by atoms with Gasteiger partial charge in [0.25, 0.3) is 5.69 Å². The van der Waals surface area contributed by atoms with Gasteiger partial charge in [-0.1, -0.05) is 36.7 Å². The lowest BCUT2D eigenvalue weighted by Gasteiger charge is -2.38. The second-order valence-electron chi connectivity index (χ2n) is 6.23. The van der Waals surface area contributed by atoms with Crippen molar-refractivity contribution in [2.45, 2.75) is 37.9 Å². The fourth-order valence-electron chi connectivity index (χ4n) is 2.79. The summed E-state index contributed by atoms with van der Waals surface area (Å²) in [4.78, 5) is 23.1. The second kappa shape index (κ2) is 6.32. The van der Waals surface area contributed by atoms with Gasteiger partial charge in [0, 0.05) is 17.7 Å². The average molecular weight is 366 g/mol. The number of nitrogens with zero attached hydrogens (tertiary/aromatic N) is 1. The summed E-state index contributed by atoms with van der Waals surface area (Å²) in [5.41, 5.74) is 1.68. The number of nitro benzene ring substituents is 1. The minimum absolute atomic E-state index is 0.0576. The van der Waals surface area contributed by atoms with Gasteiger partial charge in [0.2, 0.25) is 0 Å². The van der Waals surface area contributed by atoms with Gasteiger partial charge in [-0.05, 0) is 48.4 Å². The highest BCUT2D eigenvalue weighted by atomic mass is 79.9. The first-order valence-electron chi connectivity index (χ1n) is 7.45. The van der Waals surface area contributed by atoms with Crippen LogP contribution in [-0.2, 0) is 4.79 Å². The number of rotatable bonds is 3. The van der Waals surface area contributed by atoms with Crippen molar-refractivity contribution in [3.05, 3.63) is 45.5 Å². The summed E-state index contributed by atoms with van der Waals surface area (Å²) in [5.74, 6) is 0.555. The number of alkyl halides is 1. The molecule has 1 fully saturated rings. The van der Waals surface area contributed by atoms with Crippen LogP contribution in [0.15, 0.2) is 29.8 Å². The summed E-state index contributed by atoms with van der Waals surface area (Å²) >= 11 is 3.66. The van der Waals surface area contributed by atoms with Gasteiger partial charge in [-0.2, -0.15) is 0 Å². The Kier molecular flexibility index (Phi) is 4.85. The van der Waals surface area contributed by atoms with Crippen molar-refractivity contribution in [1.82, 2.24) is 0 Å². The highest BCUT2D eigenvalue weighted by Gasteiger charge is 2.44. The third kappa shape index (κ3) is 3.14. The Morgan fingerprint density at radius 3 is 2.45 bits per heavy atom. The van der Waals surface area contributed by atoms with Crippen molar-refractivity contribution >= 4 is 33.5 Å². The maximum absolute atomic E-state index is 12.9. The van der Waals surface area contributed by atoms with Crippen LogP contribution in [0.5, 0.6) is 0 Å². The first kappa shape index (κ1) is 16.9. The highest BCUT2D eigenvalue weighted by molar-refractivity contribution is 9.10. The van der Waals surface area contributed by atoms with Crippen LogP contribution >= 0.6 is 15.9 Å². The first-order valence-corrected chi connectivity index (χ1v) is 8.24. The molecule has 0 N–H and O–H groups in total. The van der Waals surface area contributed by atoms with E-state index in [4.69, 9.17) is 0 Å². The fraction of sp³-hybridized carbons (Fsp3) is 0.471. The molecule has 0 aromatic heterocycles. The van der Waals surface area contributed by atoms with E-state index in [0.29, 0.717) is 0 Å². The van der Waals surface area contributed by atoms with Gasteiger partial charge in [0.15, 0.2) is 5.78 Å². The highest BCUT2D eigenvalue weighted by Crippen LogP contribution is 2.44. The SMILES string of the molecule is CC(C)[C@]1(Br)CC[C@@H](C)/C(=C/c2ccc([N+](=O)[O-])cc2)C1=O. The lowest BCUT2D eigenvalue weighted by molar-refractivity contribution is -0.384. The standard InChI is InChI=1S/C17H20BrNO3/c1-11(2)17(18)9-8-12(3)15(16(17)20)10-13-4-6-14(7-5-13)19(21)22/h4-7,10-12H,8-9H2,1-3H3/b15-10-/t12-,17-/m1/s1. The zero-order valence-corrected chi connectivity index (χ0v) is 14.6. The summed E-state index contributed by atoms with van der Waals surface area (Å²) in [7, 11) is 0. The monoisotopic (exact) mass is 365 g/mol. The molecule has 5 heteroatoms. The molecule has 0 amide bonds. The van der Waals surface area contributed by atoms with Gasteiger partial charge in [-0.25, -0.2) is 0 Å². The van der Waals surface area contributed by atoms with Gasteiger partial charge in [0.05, 0.1) is 9.25 Å². The van der Waals surface area contributed by atoms with Crippen molar-refractivity contribution in [3.8, 4) is 0 Å². The van der Waals surface area contributed by atoms with Crippen molar-refractivity contribution in [2.75, 3.05) is 0 Å². The summed E-state index contributed by atoms with van der Waals surface area (Å²) in [6.07, 6.45) is 3.66. The smallest absolute Gasteiger partial charge is 0.269 e. The van der Waals surface area contributed by atoms with E-state index in [0.717, 1.165) is 24.0 Å². The molecule has 1 aromatic carbocycles. The minimum atomic E-state index is -0.494. The lowest BCUT2D eigenvalue weighted by Crippen LogP contribution is -2.43. The Balaban J connectivity index is 2.35. The molecule has 118 valence electrons. The van der Waals surface area contributed by atoms with Crippen molar-refractivity contribution in [1.29, 1.82) is 0 Å². The molecule has 1 aromatic rings. The van der Waals surface area contributed by atoms with E-state index in [1.807, 2.05) is 19.9 Å². The fourth-order valence-corrected chi connectivity index (χ4v) is 3.25. The summed E-state index contributed by atoms with van der Waals surface area (Å²) in [5, 5.41) is 10.7. The maximum Gasteiger partial charge on any atom is 0.269 e. The quantitative estimate of drug-likeness (QED) is 0.335. The number of carbonyl (C=O) groups is 1. The molecular formula is C17H20BrNO3. The van der Waals surface area contributed by atoms with Crippen LogP contribution in [0.1, 0.15) is 39.2 Å². The molecule has 0 heterocycles. The zero-order valence-electron chi connectivity index (χ0n) is 13.0. The molecule has 2 rings (SSSR count). The Hall–Kier alpha value is -1.49. The van der Waals surface area contributed by atoms with Gasteiger partial charge in [0.1, 0.15) is 0 Å². The number of benzene rings is 1. The van der Waals surface area contributed by atoms with E-state index in [9.17, 15) is 14.9 Å². The molecule has 4 nitrogen and oxygen atoms in total. The molecule has 1 saturated carbocycles. The Bertz CT molecular complexity index is 621. The maximum atomic E-state index is 12.9. The molecule has 0 saturated heterocycles. The van der Waals surface area contributed by atoms with Gasteiger partial charge < -0.3 is 0 Å². The average Bonchev–Trinajstić information content (AvgIpc) is 2.48. The van der Waals surface area contributed by atoms with Crippen LogP contribution in [0.25, 0.3) is 6.08 Å². The third-order valence-corrected chi connectivity index (χ3v) is 6.13. The van der Waals surface area contributed by atoms with Crippen molar-refractivity contribution in [3.63, 3.8) is 0 Å². The Morgan fingerprint density at radius 2 is 1.95 bits per heavy atom. The molecule has 22 heavy (non-hydrogen) atoms. The molecule has 2 atom stereocenters. The van der Waals surface area contributed by atoms with Crippen LogP contribution < -0.4 is 0 Å². The van der Waals surface area contributed by atoms with Crippen molar-refractivity contribution < 1.29 is 9.72 Å². The molecule has 0 spiro atoms.